The molecule has 0 saturated carbocycles. The molecule has 0 bridgehead atoms. The number of aliphatic hydroxyl groups is 1. The molecule has 0 aromatic rings. The molecule has 0 saturated heterocycles. The third kappa shape index (κ3) is 18.9. The molecular formula is C30H50O. The number of unbranched alkanes of at least 4 members (excludes halogenated alkanes) is 1. The molecule has 176 valence electrons. The van der Waals surface area contributed by atoms with Gasteiger partial charge in [0.2, 0.25) is 0 Å². The normalized spacial score (nSPS) is 14.6. The van der Waals surface area contributed by atoms with Crippen LogP contribution in [0.15, 0.2) is 70.4 Å². The summed E-state index contributed by atoms with van der Waals surface area (Å²) in [7, 11) is 0. The van der Waals surface area contributed by atoms with Crippen molar-refractivity contribution in [2.24, 2.45) is 0 Å². The molecule has 0 aliphatic carbocycles. The Morgan fingerprint density at radius 2 is 0.935 bits per heavy atom. The molecule has 31 heavy (non-hydrogen) atoms. The predicted octanol–water partition coefficient (Wildman–Crippen LogP) is 9.58. The van der Waals surface area contributed by atoms with Gasteiger partial charge in [-0.1, -0.05) is 70.4 Å². The van der Waals surface area contributed by atoms with Crippen LogP contribution in [0, 0.1) is 0 Å². The van der Waals surface area contributed by atoms with Gasteiger partial charge < -0.3 is 5.11 Å². The first-order valence-electron chi connectivity index (χ1n) is 12.2. The minimum absolute atomic E-state index is 0.367. The second-order valence-electron chi connectivity index (χ2n) is 9.58. The van der Waals surface area contributed by atoms with Crippen LogP contribution in [0.5, 0.6) is 0 Å². The summed E-state index contributed by atoms with van der Waals surface area (Å²) >= 11 is 0. The van der Waals surface area contributed by atoms with E-state index in [4.69, 9.17) is 0 Å². The lowest BCUT2D eigenvalue weighted by atomic mass is 10.0. The fourth-order valence-corrected chi connectivity index (χ4v) is 3.36. The number of aliphatic hydroxyl groups excluding tert-OH is 1. The van der Waals surface area contributed by atoms with Crippen LogP contribution in [0.2, 0.25) is 0 Å². The zero-order valence-electron chi connectivity index (χ0n) is 21.7. The van der Waals surface area contributed by atoms with Crippen LogP contribution in [-0.4, -0.2) is 11.2 Å². The van der Waals surface area contributed by atoms with Gasteiger partial charge in [-0.25, -0.2) is 0 Å². The molecule has 0 unspecified atom stereocenters. The van der Waals surface area contributed by atoms with Crippen molar-refractivity contribution in [2.75, 3.05) is 0 Å². The van der Waals surface area contributed by atoms with Crippen LogP contribution in [-0.2, 0) is 0 Å². The van der Waals surface area contributed by atoms with Crippen molar-refractivity contribution in [1.82, 2.24) is 0 Å². The molecule has 0 aromatic carbocycles. The maximum absolute atomic E-state index is 9.82. The van der Waals surface area contributed by atoms with Crippen LogP contribution in [0.1, 0.15) is 113 Å². The Bertz CT molecular complexity index is 663. The Labute approximate surface area is 194 Å². The molecule has 0 aliphatic rings. The highest BCUT2D eigenvalue weighted by Gasteiger charge is 2.04. The third-order valence-corrected chi connectivity index (χ3v) is 5.69. The minimum atomic E-state index is -0.367. The van der Waals surface area contributed by atoms with E-state index in [-0.39, 0.29) is 6.10 Å². The molecule has 0 rings (SSSR count). The standard InChI is InChI=1S/C30H50O/c1-24(2)14-11-17-28(7)20-12-18-26(5)15-9-10-16-27(6)19-13-21-29(8)22-23-30(31)25(3)4/h14-16,20-21,30-31H,3,9-13,17-19,22-23H2,1-2,4-8H3/b26-15+,27-16+,28-20+,29-21+/t30-/m1/s1. The van der Waals surface area contributed by atoms with E-state index in [2.05, 4.69) is 78.5 Å². The summed E-state index contributed by atoms with van der Waals surface area (Å²) in [6.07, 6.45) is 22.4. The molecule has 0 aromatic heterocycles. The van der Waals surface area contributed by atoms with Crippen molar-refractivity contribution < 1.29 is 5.11 Å². The average molecular weight is 427 g/mol. The van der Waals surface area contributed by atoms with Crippen LogP contribution < -0.4 is 0 Å². The van der Waals surface area contributed by atoms with Crippen molar-refractivity contribution >= 4 is 0 Å². The molecule has 1 heteroatoms. The smallest absolute Gasteiger partial charge is 0.0747 e. The zero-order chi connectivity index (χ0) is 23.6. The first-order valence-corrected chi connectivity index (χ1v) is 12.2. The van der Waals surface area contributed by atoms with Crippen molar-refractivity contribution in [3.05, 3.63) is 70.4 Å². The van der Waals surface area contributed by atoms with Gasteiger partial charge in [-0.2, -0.15) is 0 Å². The summed E-state index contributed by atoms with van der Waals surface area (Å²) < 4.78 is 0. The van der Waals surface area contributed by atoms with E-state index in [0.29, 0.717) is 0 Å². The fraction of sp³-hybridized carbons (Fsp3) is 0.600. The van der Waals surface area contributed by atoms with E-state index in [1.165, 1.54) is 47.1 Å². The van der Waals surface area contributed by atoms with Crippen LogP contribution >= 0.6 is 0 Å². The number of rotatable bonds is 16. The van der Waals surface area contributed by atoms with Gasteiger partial charge in [0, 0.05) is 0 Å². The van der Waals surface area contributed by atoms with E-state index in [1.807, 2.05) is 6.92 Å². The highest BCUT2D eigenvalue weighted by Crippen LogP contribution is 2.15. The third-order valence-electron chi connectivity index (χ3n) is 5.69. The monoisotopic (exact) mass is 426 g/mol. The Hall–Kier alpha value is -1.60. The van der Waals surface area contributed by atoms with Gasteiger partial charge in [-0.15, -0.1) is 0 Å². The number of hydrogen-bond donors (Lipinski definition) is 1. The van der Waals surface area contributed by atoms with Crippen molar-refractivity contribution in [2.45, 2.75) is 119 Å². The van der Waals surface area contributed by atoms with E-state index in [1.54, 1.807) is 0 Å². The van der Waals surface area contributed by atoms with Crippen molar-refractivity contribution in [3.63, 3.8) is 0 Å². The summed E-state index contributed by atoms with van der Waals surface area (Å²) in [5.41, 5.74) is 8.14. The number of hydrogen-bond acceptors (Lipinski definition) is 1. The molecule has 1 nitrogen and oxygen atoms in total. The van der Waals surface area contributed by atoms with E-state index in [9.17, 15) is 5.11 Å². The quantitative estimate of drug-likeness (QED) is 0.192. The summed E-state index contributed by atoms with van der Waals surface area (Å²) in [5.74, 6) is 0. The Morgan fingerprint density at radius 1 is 0.581 bits per heavy atom. The maximum atomic E-state index is 9.82. The van der Waals surface area contributed by atoms with Crippen molar-refractivity contribution in [1.29, 1.82) is 0 Å². The molecule has 0 aliphatic heterocycles. The fourth-order valence-electron chi connectivity index (χ4n) is 3.36. The molecule has 1 N–H and O–H groups in total. The Balaban J connectivity index is 4.08. The van der Waals surface area contributed by atoms with Crippen LogP contribution in [0.25, 0.3) is 0 Å². The molecule has 1 atom stereocenters. The minimum Gasteiger partial charge on any atom is -0.389 e. The van der Waals surface area contributed by atoms with Gasteiger partial charge >= 0.3 is 0 Å². The van der Waals surface area contributed by atoms with Gasteiger partial charge in [-0.3, -0.25) is 0 Å². The predicted molar refractivity (Wildman–Crippen MR) is 141 cm³/mol. The first-order chi connectivity index (χ1) is 14.6. The summed E-state index contributed by atoms with van der Waals surface area (Å²) in [6, 6.07) is 0. The van der Waals surface area contributed by atoms with Gasteiger partial charge in [0.15, 0.2) is 0 Å². The first kappa shape index (κ1) is 29.4. The van der Waals surface area contributed by atoms with E-state index >= 15 is 0 Å². The zero-order valence-corrected chi connectivity index (χ0v) is 21.7. The summed E-state index contributed by atoms with van der Waals surface area (Å²) in [6.45, 7) is 19.0. The lowest BCUT2D eigenvalue weighted by Crippen LogP contribution is -2.06. The highest BCUT2D eigenvalue weighted by atomic mass is 16.3. The molecule has 0 radical (unpaired) electrons. The summed E-state index contributed by atoms with van der Waals surface area (Å²) in [5, 5.41) is 9.82. The SMILES string of the molecule is C=C(C)[C@H](O)CC/C(C)=C/CC/C(C)=C/CC/C=C(\C)CC/C=C(\C)CCC=C(C)C. The molecule has 0 amide bonds. The molecule has 0 fully saturated rings. The Morgan fingerprint density at radius 3 is 1.32 bits per heavy atom. The van der Waals surface area contributed by atoms with Crippen molar-refractivity contribution in [3.8, 4) is 0 Å². The molecule has 0 spiro atoms. The largest absolute Gasteiger partial charge is 0.389 e. The van der Waals surface area contributed by atoms with Gasteiger partial charge in [-0.05, 0) is 113 Å². The number of allylic oxidation sites excluding steroid dienone is 10. The topological polar surface area (TPSA) is 20.2 Å². The van der Waals surface area contributed by atoms with E-state index in [0.717, 1.165) is 50.5 Å². The van der Waals surface area contributed by atoms with Gasteiger partial charge in [0.1, 0.15) is 0 Å². The Kier molecular flexibility index (Phi) is 17.1. The lowest BCUT2D eigenvalue weighted by molar-refractivity contribution is 0.201. The van der Waals surface area contributed by atoms with Gasteiger partial charge in [0.05, 0.1) is 6.10 Å². The molecule has 0 heterocycles. The van der Waals surface area contributed by atoms with Crippen LogP contribution in [0.4, 0.5) is 0 Å². The summed E-state index contributed by atoms with van der Waals surface area (Å²) in [4.78, 5) is 0. The van der Waals surface area contributed by atoms with Crippen LogP contribution in [0.3, 0.4) is 0 Å². The second kappa shape index (κ2) is 18.0. The molecular weight excluding hydrogens is 376 g/mol. The van der Waals surface area contributed by atoms with Gasteiger partial charge in [0.25, 0.3) is 0 Å². The van der Waals surface area contributed by atoms with E-state index < -0.39 is 0 Å². The second-order valence-corrected chi connectivity index (χ2v) is 9.58. The lowest BCUT2D eigenvalue weighted by Gasteiger charge is -2.09. The highest BCUT2D eigenvalue weighted by molar-refractivity contribution is 5.08. The average Bonchev–Trinajstić information content (AvgIpc) is 2.69. The maximum Gasteiger partial charge on any atom is 0.0747 e.